The van der Waals surface area contributed by atoms with E-state index in [0.717, 1.165) is 0 Å². The van der Waals surface area contributed by atoms with Gasteiger partial charge in [-0.25, -0.2) is 4.79 Å². The smallest absolute Gasteiger partial charge is 0.330 e. The fourth-order valence-corrected chi connectivity index (χ4v) is 3.27. The molecule has 6 nitrogen and oxygen atoms in total. The molecule has 0 saturated carbocycles. The third kappa shape index (κ3) is 1.88. The lowest BCUT2D eigenvalue weighted by Gasteiger charge is -2.51. The van der Waals surface area contributed by atoms with Gasteiger partial charge >= 0.3 is 5.97 Å². The predicted molar refractivity (Wildman–Crippen MR) is 65.6 cm³/mol. The van der Waals surface area contributed by atoms with E-state index < -0.39 is 18.1 Å². The summed E-state index contributed by atoms with van der Waals surface area (Å²) in [6.07, 6.45) is 0.304. The van der Waals surface area contributed by atoms with E-state index in [1.807, 2.05) is 0 Å². The summed E-state index contributed by atoms with van der Waals surface area (Å²) in [6, 6.07) is -1.51. The molecule has 0 aromatic rings. The van der Waals surface area contributed by atoms with Crippen LogP contribution in [0, 0.1) is 0 Å². The monoisotopic (exact) mass is 270 g/mol. The molecule has 0 bridgehead atoms. The number of carbonyl (C=O) groups is 3. The van der Waals surface area contributed by atoms with E-state index in [9.17, 15) is 14.4 Å². The van der Waals surface area contributed by atoms with Crippen LogP contribution in [-0.4, -0.2) is 45.2 Å². The summed E-state index contributed by atoms with van der Waals surface area (Å²) in [5.41, 5.74) is 0.636. The van der Waals surface area contributed by atoms with Crippen molar-refractivity contribution in [1.82, 2.24) is 10.2 Å². The number of hydrogen-bond donors (Lipinski definition) is 2. The van der Waals surface area contributed by atoms with Crippen LogP contribution >= 0.6 is 11.8 Å². The average molecular weight is 270 g/mol. The summed E-state index contributed by atoms with van der Waals surface area (Å²) in [5.74, 6) is -1.57. The number of β-lactam (4-membered cyclic amide) rings is 1. The maximum Gasteiger partial charge on any atom is 0.330 e. The van der Waals surface area contributed by atoms with Crippen LogP contribution < -0.4 is 5.32 Å². The Morgan fingerprint density at radius 3 is 2.78 bits per heavy atom. The zero-order chi connectivity index (χ0) is 13.4. The van der Waals surface area contributed by atoms with Crippen molar-refractivity contribution in [3.8, 4) is 0 Å². The number of aliphatic carboxylic acids is 1. The molecule has 2 heterocycles. The van der Waals surface area contributed by atoms with E-state index >= 15 is 0 Å². The first-order chi connectivity index (χ1) is 8.47. The number of carboxylic acids is 1. The molecule has 1 fully saturated rings. The highest BCUT2D eigenvalue weighted by molar-refractivity contribution is 8.02. The Morgan fingerprint density at radius 2 is 2.22 bits per heavy atom. The van der Waals surface area contributed by atoms with Crippen LogP contribution in [0.3, 0.4) is 0 Å². The minimum absolute atomic E-state index is 0.202. The molecule has 2 rings (SSSR count). The lowest BCUT2D eigenvalue weighted by molar-refractivity contribution is -0.160. The Hall–Kier alpha value is -1.50. The minimum atomic E-state index is -1.04. The topological polar surface area (TPSA) is 86.7 Å². The van der Waals surface area contributed by atoms with E-state index in [1.54, 1.807) is 19.3 Å². The van der Waals surface area contributed by atoms with Crippen molar-refractivity contribution in [1.29, 1.82) is 0 Å². The molecule has 0 radical (unpaired) electrons. The highest BCUT2D eigenvalue weighted by Gasteiger charge is 2.55. The Morgan fingerprint density at radius 1 is 1.56 bits per heavy atom. The highest BCUT2D eigenvalue weighted by atomic mass is 32.2. The zero-order valence-electron chi connectivity index (χ0n) is 10.0. The predicted octanol–water partition coefficient (Wildman–Crippen LogP) is 0.153. The molecular weight excluding hydrogens is 256 g/mol. The third-order valence-corrected chi connectivity index (χ3v) is 4.34. The summed E-state index contributed by atoms with van der Waals surface area (Å²) in [4.78, 5) is 35.7. The van der Waals surface area contributed by atoms with Crippen LogP contribution in [0.4, 0.5) is 0 Å². The van der Waals surface area contributed by atoms with Crippen molar-refractivity contribution in [2.75, 3.05) is 0 Å². The summed E-state index contributed by atoms with van der Waals surface area (Å²) >= 11 is 1.37. The van der Waals surface area contributed by atoms with Gasteiger partial charge in [0, 0.05) is 6.42 Å². The van der Waals surface area contributed by atoms with Gasteiger partial charge in [0.15, 0.2) is 6.04 Å². The third-order valence-electron chi connectivity index (χ3n) is 3.05. The Labute approximate surface area is 108 Å². The molecule has 1 saturated heterocycles. The van der Waals surface area contributed by atoms with Crippen molar-refractivity contribution in [3.63, 3.8) is 0 Å². The van der Waals surface area contributed by atoms with E-state index in [0.29, 0.717) is 12.0 Å². The van der Waals surface area contributed by atoms with Gasteiger partial charge in [-0.1, -0.05) is 6.92 Å². The van der Waals surface area contributed by atoms with E-state index in [1.165, 1.54) is 16.7 Å². The second kappa shape index (κ2) is 4.64. The Kier molecular flexibility index (Phi) is 3.34. The minimum Gasteiger partial charge on any atom is -0.479 e. The fraction of sp³-hybridized carbons (Fsp3) is 0.545. The fourth-order valence-electron chi connectivity index (χ4n) is 2.09. The number of nitrogens with zero attached hydrogens (tertiary/aromatic N) is 1. The number of rotatable bonds is 3. The summed E-state index contributed by atoms with van der Waals surface area (Å²) < 4.78 is 0. The van der Waals surface area contributed by atoms with Gasteiger partial charge in [-0.3, -0.25) is 9.59 Å². The molecule has 2 N–H and O–H groups in total. The van der Waals surface area contributed by atoms with E-state index in [-0.39, 0.29) is 17.2 Å². The largest absolute Gasteiger partial charge is 0.479 e. The van der Waals surface area contributed by atoms with Crippen LogP contribution in [0.15, 0.2) is 11.0 Å². The van der Waals surface area contributed by atoms with Crippen LogP contribution in [0.5, 0.6) is 0 Å². The molecule has 0 aliphatic carbocycles. The van der Waals surface area contributed by atoms with E-state index in [4.69, 9.17) is 5.11 Å². The molecule has 18 heavy (non-hydrogen) atoms. The van der Waals surface area contributed by atoms with Crippen LogP contribution in [0.25, 0.3) is 0 Å². The number of hydrogen-bond acceptors (Lipinski definition) is 4. The summed E-state index contributed by atoms with van der Waals surface area (Å²) in [6.45, 7) is 3.39. The quantitative estimate of drug-likeness (QED) is 0.713. The maximum atomic E-state index is 11.9. The second-order valence-electron chi connectivity index (χ2n) is 4.27. The van der Waals surface area contributed by atoms with Gasteiger partial charge in [0.2, 0.25) is 11.8 Å². The number of thioether (sulfide) groups is 1. The van der Waals surface area contributed by atoms with Crippen molar-refractivity contribution in [2.24, 2.45) is 0 Å². The van der Waals surface area contributed by atoms with Crippen LogP contribution in [-0.2, 0) is 14.4 Å². The SMILES string of the molecule is CCC(=O)NC1C(=O)N2C(C(=O)O)C(C)=CS[C@@H]12. The number of fused-ring (bicyclic) bond motifs is 1. The maximum absolute atomic E-state index is 11.9. The van der Waals surface area contributed by atoms with E-state index in [2.05, 4.69) is 5.32 Å². The number of amides is 2. The lowest BCUT2D eigenvalue weighted by atomic mass is 9.99. The molecule has 2 aliphatic rings. The molecular formula is C11H14N2O4S. The molecule has 2 unspecified atom stereocenters. The lowest BCUT2D eigenvalue weighted by Crippen LogP contribution is -2.73. The second-order valence-corrected chi connectivity index (χ2v) is 5.26. The molecule has 2 amide bonds. The molecule has 0 aromatic carbocycles. The molecule has 0 spiro atoms. The number of nitrogens with one attached hydrogen (secondary N) is 1. The van der Waals surface area contributed by atoms with Gasteiger partial charge < -0.3 is 15.3 Å². The molecule has 98 valence electrons. The van der Waals surface area contributed by atoms with Gasteiger partial charge in [0.25, 0.3) is 0 Å². The standard InChI is InChI=1S/C11H14N2O4S/c1-3-6(14)12-7-9(15)13-8(11(16)17)5(2)4-18-10(7)13/h4,7-8,10H,3H2,1-2H3,(H,12,14)(H,16,17)/t7?,8?,10-/m0/s1. The molecule has 3 atom stereocenters. The Bertz CT molecular complexity index is 448. The first-order valence-corrected chi connectivity index (χ1v) is 6.58. The molecule has 0 aromatic heterocycles. The van der Waals surface area contributed by atoms with Crippen molar-refractivity contribution in [3.05, 3.63) is 11.0 Å². The van der Waals surface area contributed by atoms with Gasteiger partial charge in [-0.15, -0.1) is 11.8 Å². The Balaban J connectivity index is 2.16. The molecule has 2 aliphatic heterocycles. The van der Waals surface area contributed by atoms with Gasteiger partial charge in [-0.05, 0) is 17.9 Å². The summed E-state index contributed by atoms with van der Waals surface area (Å²) in [7, 11) is 0. The average Bonchev–Trinajstić information content (AvgIpc) is 2.34. The first-order valence-electron chi connectivity index (χ1n) is 5.63. The van der Waals surface area contributed by atoms with Crippen LogP contribution in [0.1, 0.15) is 20.3 Å². The molecule has 7 heteroatoms. The van der Waals surface area contributed by atoms with Crippen molar-refractivity contribution < 1.29 is 19.5 Å². The van der Waals surface area contributed by atoms with Crippen molar-refractivity contribution in [2.45, 2.75) is 37.7 Å². The highest BCUT2D eigenvalue weighted by Crippen LogP contribution is 2.39. The zero-order valence-corrected chi connectivity index (χ0v) is 10.9. The van der Waals surface area contributed by atoms with Gasteiger partial charge in [0.1, 0.15) is 11.4 Å². The number of carboxylic acid groups (broad SMARTS) is 1. The van der Waals surface area contributed by atoms with Gasteiger partial charge in [0.05, 0.1) is 0 Å². The van der Waals surface area contributed by atoms with Crippen molar-refractivity contribution >= 4 is 29.5 Å². The first kappa shape index (κ1) is 12.9. The number of carbonyl (C=O) groups excluding carboxylic acids is 2. The summed E-state index contributed by atoms with van der Waals surface area (Å²) in [5, 5.41) is 13.2. The normalized spacial score (nSPS) is 30.1. The van der Waals surface area contributed by atoms with Crippen LogP contribution in [0.2, 0.25) is 0 Å². The van der Waals surface area contributed by atoms with Gasteiger partial charge in [-0.2, -0.15) is 0 Å².